The lowest BCUT2D eigenvalue weighted by Gasteiger charge is -2.54. The fourth-order valence-corrected chi connectivity index (χ4v) is 3.38. The van der Waals surface area contributed by atoms with E-state index in [0.29, 0.717) is 39.3 Å². The van der Waals surface area contributed by atoms with E-state index < -0.39 is 12.1 Å². The Balaban J connectivity index is 0.000000451. The first-order valence-corrected chi connectivity index (χ1v) is 9.79. The first-order chi connectivity index (χ1) is 15.0. The van der Waals surface area contributed by atoms with Crippen LogP contribution in [0.5, 0.6) is 5.75 Å². The number of carbonyl (C=O) groups excluding carboxylic acids is 2. The zero-order valence-corrected chi connectivity index (χ0v) is 17.7. The van der Waals surface area contributed by atoms with Gasteiger partial charge in [0.2, 0.25) is 11.8 Å². The van der Waals surface area contributed by atoms with Gasteiger partial charge in [-0.25, -0.2) is 4.79 Å². The quantitative estimate of drug-likeness (QED) is 0.666. The van der Waals surface area contributed by atoms with Crippen molar-refractivity contribution in [3.8, 4) is 5.75 Å². The number of alkyl halides is 3. The lowest BCUT2D eigenvalue weighted by molar-refractivity contribution is -0.201. The molecular weight excluding hydrogens is 435 g/mol. The fraction of sp³-hybridized carbons (Fsp3) is 0.550. The maximum Gasteiger partial charge on any atom is 0.490 e. The van der Waals surface area contributed by atoms with Crippen molar-refractivity contribution in [2.24, 2.45) is 0 Å². The average Bonchev–Trinajstić information content (AvgIpc) is 2.71. The molecule has 12 heteroatoms. The van der Waals surface area contributed by atoms with Crippen LogP contribution in [0, 0.1) is 0 Å². The van der Waals surface area contributed by atoms with Crippen LogP contribution in [0.2, 0.25) is 0 Å². The smallest absolute Gasteiger partial charge is 0.490 e. The second kappa shape index (κ2) is 10.6. The van der Waals surface area contributed by atoms with E-state index in [4.69, 9.17) is 19.4 Å². The number of para-hydroxylation sites is 1. The molecule has 0 aromatic heterocycles. The summed E-state index contributed by atoms with van der Waals surface area (Å²) < 4.78 is 43.2. The number of carbonyl (C=O) groups is 3. The molecule has 1 atom stereocenters. The Bertz CT molecular complexity index is 800. The summed E-state index contributed by atoms with van der Waals surface area (Å²) in [4.78, 5) is 36.7. The summed E-state index contributed by atoms with van der Waals surface area (Å²) in [6.45, 7) is 2.51. The van der Waals surface area contributed by atoms with Crippen molar-refractivity contribution in [3.05, 3.63) is 30.3 Å². The van der Waals surface area contributed by atoms with Crippen molar-refractivity contribution < 1.29 is 42.1 Å². The molecule has 178 valence electrons. The molecule has 2 aliphatic rings. The number of hydrogen-bond acceptors (Lipinski definition) is 6. The number of halogens is 3. The molecule has 2 heterocycles. The molecule has 2 saturated heterocycles. The van der Waals surface area contributed by atoms with Crippen LogP contribution >= 0.6 is 0 Å². The summed E-state index contributed by atoms with van der Waals surface area (Å²) in [5, 5.41) is 9.78. The van der Waals surface area contributed by atoms with Crippen LogP contribution in [0.3, 0.4) is 0 Å². The summed E-state index contributed by atoms with van der Waals surface area (Å²) in [5.74, 6) is -1.95. The second-order valence-electron chi connectivity index (χ2n) is 7.50. The lowest BCUT2D eigenvalue weighted by atomic mass is 9.90. The van der Waals surface area contributed by atoms with Crippen LogP contribution in [0.25, 0.3) is 0 Å². The highest BCUT2D eigenvalue weighted by Gasteiger charge is 2.50. The molecule has 2 N–H and O–H groups in total. The summed E-state index contributed by atoms with van der Waals surface area (Å²) in [7, 11) is 3.55. The first-order valence-electron chi connectivity index (χ1n) is 9.79. The number of amides is 2. The number of morpholine rings is 1. The molecule has 0 bridgehead atoms. The standard InChI is InChI=1S/C18H25N3O4.C2HF3O2/c1-19-17(23)15-10-25-18(11-20(15)2)12-21(13-18)16(22)8-9-24-14-6-4-3-5-7-14;3-2(4,5)1(6)7/h3-7,15H,8-13H2,1-2H3,(H,19,23);(H,6,7). The highest BCUT2D eigenvalue weighted by atomic mass is 19.4. The number of carboxylic acids is 1. The largest absolute Gasteiger partial charge is 0.493 e. The second-order valence-corrected chi connectivity index (χ2v) is 7.50. The van der Waals surface area contributed by atoms with Crippen LogP contribution in [0.4, 0.5) is 13.2 Å². The zero-order valence-electron chi connectivity index (χ0n) is 17.7. The molecule has 0 radical (unpaired) electrons. The SMILES string of the molecule is CNC(=O)C1COC2(CN(C(=O)CCOc3ccccc3)C2)CN1C.O=C(O)C(F)(F)F. The number of likely N-dealkylation sites (N-methyl/N-ethyl adjacent to an activating group) is 2. The van der Waals surface area contributed by atoms with Crippen LogP contribution in [0.15, 0.2) is 30.3 Å². The van der Waals surface area contributed by atoms with Crippen molar-refractivity contribution in [3.63, 3.8) is 0 Å². The number of rotatable bonds is 5. The molecule has 2 fully saturated rings. The number of benzene rings is 1. The number of hydrogen-bond donors (Lipinski definition) is 2. The van der Waals surface area contributed by atoms with Crippen molar-refractivity contribution in [1.29, 1.82) is 0 Å². The van der Waals surface area contributed by atoms with Gasteiger partial charge in [0.1, 0.15) is 17.4 Å². The van der Waals surface area contributed by atoms with Crippen molar-refractivity contribution in [2.75, 3.05) is 46.9 Å². The van der Waals surface area contributed by atoms with Gasteiger partial charge in [0.15, 0.2) is 0 Å². The number of nitrogens with one attached hydrogen (secondary N) is 1. The third kappa shape index (κ3) is 6.82. The minimum absolute atomic E-state index is 0.0392. The molecule has 3 rings (SSSR count). The van der Waals surface area contributed by atoms with Crippen molar-refractivity contribution in [2.45, 2.75) is 24.2 Å². The predicted molar refractivity (Wildman–Crippen MR) is 106 cm³/mol. The number of carboxylic acid groups (broad SMARTS) is 1. The summed E-state index contributed by atoms with van der Waals surface area (Å²) in [6, 6.07) is 9.21. The normalized spacial score (nSPS) is 19.9. The molecule has 0 aliphatic carbocycles. The van der Waals surface area contributed by atoms with Crippen LogP contribution in [-0.2, 0) is 19.1 Å². The third-order valence-electron chi connectivity index (χ3n) is 5.05. The first kappa shape index (κ1) is 25.4. The molecule has 2 aliphatic heterocycles. The van der Waals surface area contributed by atoms with E-state index in [1.54, 1.807) is 11.9 Å². The highest BCUT2D eigenvalue weighted by molar-refractivity contribution is 5.82. The lowest BCUT2D eigenvalue weighted by Crippen LogP contribution is -2.73. The van der Waals surface area contributed by atoms with E-state index in [1.165, 1.54) is 0 Å². The van der Waals surface area contributed by atoms with Gasteiger partial charge in [0.05, 0.1) is 32.7 Å². The highest BCUT2D eigenvalue weighted by Crippen LogP contribution is 2.31. The molecule has 1 unspecified atom stereocenters. The maximum absolute atomic E-state index is 12.3. The zero-order chi connectivity index (χ0) is 23.9. The molecule has 1 aromatic rings. The Morgan fingerprint density at radius 2 is 1.81 bits per heavy atom. The molecule has 0 saturated carbocycles. The van der Waals surface area contributed by atoms with Crippen LogP contribution in [0.1, 0.15) is 6.42 Å². The Morgan fingerprint density at radius 1 is 1.22 bits per heavy atom. The maximum atomic E-state index is 12.3. The van der Waals surface area contributed by atoms with Gasteiger partial charge in [-0.3, -0.25) is 14.5 Å². The van der Waals surface area contributed by atoms with Crippen molar-refractivity contribution in [1.82, 2.24) is 15.1 Å². The number of aliphatic carboxylic acids is 1. The third-order valence-corrected chi connectivity index (χ3v) is 5.05. The van der Waals surface area contributed by atoms with Gasteiger partial charge in [-0.2, -0.15) is 13.2 Å². The summed E-state index contributed by atoms with van der Waals surface area (Å²) >= 11 is 0. The minimum atomic E-state index is -5.08. The molecule has 1 aromatic carbocycles. The number of likely N-dealkylation sites (tertiary alicyclic amines) is 1. The van der Waals surface area contributed by atoms with E-state index in [1.807, 2.05) is 42.3 Å². The molecule has 2 amide bonds. The van der Waals surface area contributed by atoms with Gasteiger partial charge in [0, 0.05) is 13.6 Å². The van der Waals surface area contributed by atoms with Gasteiger partial charge in [-0.15, -0.1) is 0 Å². The number of nitrogens with zero attached hydrogens (tertiary/aromatic N) is 2. The molecule has 9 nitrogen and oxygen atoms in total. The fourth-order valence-electron chi connectivity index (χ4n) is 3.38. The van der Waals surface area contributed by atoms with E-state index >= 15 is 0 Å². The minimum Gasteiger partial charge on any atom is -0.493 e. The number of ether oxygens (including phenoxy) is 2. The Kier molecular flexibility index (Phi) is 8.44. The molecule has 1 spiro atoms. The Morgan fingerprint density at radius 3 is 2.31 bits per heavy atom. The van der Waals surface area contributed by atoms with E-state index in [0.717, 1.165) is 5.75 Å². The van der Waals surface area contributed by atoms with Crippen LogP contribution < -0.4 is 10.1 Å². The molecular formula is C20H26F3N3O6. The predicted octanol–water partition coefficient (Wildman–Crippen LogP) is 0.746. The van der Waals surface area contributed by atoms with Gasteiger partial charge in [0.25, 0.3) is 0 Å². The average molecular weight is 461 g/mol. The van der Waals surface area contributed by atoms with E-state index in [-0.39, 0.29) is 23.5 Å². The van der Waals surface area contributed by atoms with Gasteiger partial charge in [-0.05, 0) is 19.2 Å². The van der Waals surface area contributed by atoms with Crippen LogP contribution in [-0.4, -0.2) is 97.5 Å². The van der Waals surface area contributed by atoms with Gasteiger partial charge < -0.3 is 24.8 Å². The summed E-state index contributed by atoms with van der Waals surface area (Å²) in [5.41, 5.74) is -0.338. The van der Waals surface area contributed by atoms with E-state index in [9.17, 15) is 22.8 Å². The van der Waals surface area contributed by atoms with E-state index in [2.05, 4.69) is 5.32 Å². The Hall–Kier alpha value is -2.86. The van der Waals surface area contributed by atoms with Gasteiger partial charge >= 0.3 is 12.1 Å². The monoisotopic (exact) mass is 461 g/mol. The van der Waals surface area contributed by atoms with Gasteiger partial charge in [-0.1, -0.05) is 18.2 Å². The topological polar surface area (TPSA) is 108 Å². The Labute approximate surface area is 183 Å². The molecule has 32 heavy (non-hydrogen) atoms. The van der Waals surface area contributed by atoms with Crippen molar-refractivity contribution >= 4 is 17.8 Å². The summed E-state index contributed by atoms with van der Waals surface area (Å²) in [6.07, 6.45) is -4.73.